The average Bonchev–Trinajstić information content (AvgIpc) is 3.32. The summed E-state index contributed by atoms with van der Waals surface area (Å²) in [5.74, 6) is 1.12. The fourth-order valence-electron chi connectivity index (χ4n) is 3.94. The first kappa shape index (κ1) is 19.7. The molecule has 2 N–H and O–H groups in total. The van der Waals surface area contributed by atoms with Crippen molar-refractivity contribution in [2.24, 2.45) is 11.1 Å². The lowest BCUT2D eigenvalue weighted by Gasteiger charge is -2.42. The first-order valence-corrected chi connectivity index (χ1v) is 11.1. The molecule has 9 heteroatoms. The van der Waals surface area contributed by atoms with Gasteiger partial charge in [-0.2, -0.15) is 5.26 Å². The SMILES string of the molecule is CCSc1nnc(N2C(N)=C(C#N)C(c3ccco3)C3=C2CC(C)(C)CC3=O)s1. The van der Waals surface area contributed by atoms with Gasteiger partial charge in [-0.15, -0.1) is 10.2 Å². The van der Waals surface area contributed by atoms with Crippen molar-refractivity contribution in [1.29, 1.82) is 5.26 Å². The number of rotatable bonds is 4. The van der Waals surface area contributed by atoms with Gasteiger partial charge in [0.2, 0.25) is 5.13 Å². The molecule has 0 bridgehead atoms. The highest BCUT2D eigenvalue weighted by atomic mass is 32.2. The molecule has 0 aromatic carbocycles. The molecule has 0 saturated heterocycles. The molecule has 0 saturated carbocycles. The Balaban J connectivity index is 1.94. The molecular weight excluding hydrogens is 406 g/mol. The van der Waals surface area contributed by atoms with Gasteiger partial charge >= 0.3 is 0 Å². The first-order chi connectivity index (χ1) is 13.9. The van der Waals surface area contributed by atoms with E-state index in [1.807, 2.05) is 6.92 Å². The molecule has 1 unspecified atom stereocenters. The Morgan fingerprint density at radius 3 is 2.90 bits per heavy atom. The highest BCUT2D eigenvalue weighted by Crippen LogP contribution is 2.50. The van der Waals surface area contributed by atoms with E-state index >= 15 is 0 Å². The largest absolute Gasteiger partial charge is 0.468 e. The molecule has 0 amide bonds. The minimum Gasteiger partial charge on any atom is -0.468 e. The number of hydrogen-bond acceptors (Lipinski definition) is 9. The van der Waals surface area contributed by atoms with Crippen molar-refractivity contribution in [3.05, 3.63) is 46.8 Å². The van der Waals surface area contributed by atoms with Crippen LogP contribution in [0, 0.1) is 16.7 Å². The number of nitrogens with zero attached hydrogens (tertiary/aromatic N) is 4. The van der Waals surface area contributed by atoms with Crippen LogP contribution in [0.3, 0.4) is 0 Å². The molecule has 3 heterocycles. The minimum absolute atomic E-state index is 0.00979. The van der Waals surface area contributed by atoms with Crippen molar-refractivity contribution < 1.29 is 9.21 Å². The van der Waals surface area contributed by atoms with Crippen molar-refractivity contribution in [1.82, 2.24) is 10.2 Å². The van der Waals surface area contributed by atoms with Crippen LogP contribution < -0.4 is 10.6 Å². The summed E-state index contributed by atoms with van der Waals surface area (Å²) in [6.07, 6.45) is 2.59. The highest BCUT2D eigenvalue weighted by molar-refractivity contribution is 8.01. The molecular formula is C20H21N5O2S2. The Labute approximate surface area is 177 Å². The Hall–Kier alpha value is -2.57. The molecule has 0 fully saturated rings. The summed E-state index contributed by atoms with van der Waals surface area (Å²) >= 11 is 3.00. The maximum Gasteiger partial charge on any atom is 0.219 e. The average molecular weight is 428 g/mol. The molecule has 1 aliphatic heterocycles. The third-order valence-corrected chi connectivity index (χ3v) is 6.99. The molecule has 2 aliphatic rings. The summed E-state index contributed by atoms with van der Waals surface area (Å²) in [6, 6.07) is 5.75. The number of nitrogens with two attached hydrogens (primary N) is 1. The van der Waals surface area contributed by atoms with Gasteiger partial charge in [0.15, 0.2) is 10.1 Å². The Morgan fingerprint density at radius 1 is 1.45 bits per heavy atom. The van der Waals surface area contributed by atoms with Crippen LogP contribution in [0.4, 0.5) is 5.13 Å². The molecule has 1 atom stereocenters. The number of anilines is 1. The van der Waals surface area contributed by atoms with Crippen LogP contribution in [0.1, 0.15) is 45.3 Å². The standard InChI is InChI=1S/C20H21N5O2S2/c1-4-28-19-24-23-18(29-19)25-12-8-20(2,3)9-13(26)16(12)15(11(10-21)17(25)22)14-6-5-7-27-14/h5-7,15H,4,8-9,22H2,1-3H3. The van der Waals surface area contributed by atoms with Crippen LogP contribution in [-0.2, 0) is 4.79 Å². The number of nitriles is 1. The number of aromatic nitrogens is 2. The fourth-order valence-corrected chi connectivity index (χ4v) is 5.72. The second kappa shape index (κ2) is 7.35. The maximum atomic E-state index is 13.3. The molecule has 150 valence electrons. The zero-order valence-corrected chi connectivity index (χ0v) is 18.1. The van der Waals surface area contributed by atoms with E-state index in [-0.39, 0.29) is 17.0 Å². The van der Waals surface area contributed by atoms with E-state index in [9.17, 15) is 10.1 Å². The van der Waals surface area contributed by atoms with Gasteiger partial charge in [0.05, 0.1) is 23.8 Å². The van der Waals surface area contributed by atoms with Crippen molar-refractivity contribution in [2.75, 3.05) is 10.7 Å². The van der Waals surface area contributed by atoms with Crippen molar-refractivity contribution in [3.63, 3.8) is 0 Å². The number of thioether (sulfide) groups is 1. The summed E-state index contributed by atoms with van der Waals surface area (Å²) in [7, 11) is 0. The predicted molar refractivity (Wildman–Crippen MR) is 112 cm³/mol. The Morgan fingerprint density at radius 2 is 2.24 bits per heavy atom. The summed E-state index contributed by atoms with van der Waals surface area (Å²) in [4.78, 5) is 15.0. The number of hydrogen-bond donors (Lipinski definition) is 1. The van der Waals surface area contributed by atoms with Crippen LogP contribution in [0.5, 0.6) is 0 Å². The van der Waals surface area contributed by atoms with E-state index < -0.39 is 5.92 Å². The number of Topliss-reactive ketones (excluding diaryl/α,β-unsaturated/α-hetero) is 1. The zero-order chi connectivity index (χ0) is 20.8. The Bertz CT molecular complexity index is 1060. The second-order valence-corrected chi connectivity index (χ2v) is 10.2. The number of carbonyl (C=O) groups excluding carboxylic acids is 1. The topological polar surface area (TPSA) is 109 Å². The van der Waals surface area contributed by atoms with Gasteiger partial charge in [-0.3, -0.25) is 9.69 Å². The van der Waals surface area contributed by atoms with Gasteiger partial charge < -0.3 is 10.2 Å². The van der Waals surface area contributed by atoms with E-state index in [0.29, 0.717) is 34.9 Å². The highest BCUT2D eigenvalue weighted by Gasteiger charge is 2.46. The van der Waals surface area contributed by atoms with E-state index in [2.05, 4.69) is 30.1 Å². The quantitative estimate of drug-likeness (QED) is 0.724. The maximum absolute atomic E-state index is 13.3. The van der Waals surface area contributed by atoms with Gasteiger partial charge in [-0.25, -0.2) is 0 Å². The Kier molecular flexibility index (Phi) is 5.00. The van der Waals surface area contributed by atoms with Crippen LogP contribution in [0.25, 0.3) is 0 Å². The van der Waals surface area contributed by atoms with Gasteiger partial charge in [-0.05, 0) is 29.7 Å². The normalized spacial score (nSPS) is 21.4. The van der Waals surface area contributed by atoms with Crippen LogP contribution >= 0.6 is 23.1 Å². The van der Waals surface area contributed by atoms with Crippen LogP contribution in [-0.4, -0.2) is 21.7 Å². The smallest absolute Gasteiger partial charge is 0.219 e. The van der Waals surface area contributed by atoms with Gasteiger partial charge in [-0.1, -0.05) is 43.9 Å². The monoisotopic (exact) mass is 427 g/mol. The van der Waals surface area contributed by atoms with E-state index in [1.165, 1.54) is 11.3 Å². The molecule has 4 rings (SSSR count). The number of ketones is 1. The molecule has 2 aromatic rings. The van der Waals surface area contributed by atoms with E-state index in [0.717, 1.165) is 15.8 Å². The molecule has 1 aliphatic carbocycles. The minimum atomic E-state index is -0.595. The van der Waals surface area contributed by atoms with Crippen molar-refractivity contribution in [2.45, 2.75) is 43.9 Å². The predicted octanol–water partition coefficient (Wildman–Crippen LogP) is 4.18. The van der Waals surface area contributed by atoms with Gasteiger partial charge in [0.1, 0.15) is 11.6 Å². The van der Waals surface area contributed by atoms with Crippen LogP contribution in [0.2, 0.25) is 0 Å². The van der Waals surface area contributed by atoms with Crippen molar-refractivity contribution >= 4 is 34.0 Å². The lowest BCUT2D eigenvalue weighted by Crippen LogP contribution is -2.42. The summed E-state index contributed by atoms with van der Waals surface area (Å²) in [5, 5.41) is 19.1. The van der Waals surface area contributed by atoms with Crippen molar-refractivity contribution in [3.8, 4) is 6.07 Å². The number of carbonyl (C=O) groups is 1. The lowest BCUT2D eigenvalue weighted by atomic mass is 9.69. The first-order valence-electron chi connectivity index (χ1n) is 9.32. The summed E-state index contributed by atoms with van der Waals surface area (Å²) < 4.78 is 6.43. The third kappa shape index (κ3) is 3.36. The lowest BCUT2D eigenvalue weighted by molar-refractivity contribution is -0.118. The number of allylic oxidation sites excluding steroid dienone is 3. The molecule has 7 nitrogen and oxygen atoms in total. The fraction of sp³-hybridized carbons (Fsp3) is 0.400. The van der Waals surface area contributed by atoms with Crippen LogP contribution in [0.15, 0.2) is 49.8 Å². The second-order valence-electron chi connectivity index (χ2n) is 7.78. The van der Waals surface area contributed by atoms with Gasteiger partial charge in [0, 0.05) is 17.7 Å². The number of furan rings is 1. The van der Waals surface area contributed by atoms with Gasteiger partial charge in [0.25, 0.3) is 0 Å². The summed E-state index contributed by atoms with van der Waals surface area (Å²) in [6.45, 7) is 6.17. The van der Waals surface area contributed by atoms with E-state index in [1.54, 1.807) is 35.1 Å². The molecule has 0 radical (unpaired) electrons. The summed E-state index contributed by atoms with van der Waals surface area (Å²) in [5.41, 5.74) is 7.95. The zero-order valence-electron chi connectivity index (χ0n) is 16.4. The molecule has 29 heavy (non-hydrogen) atoms. The third-order valence-electron chi connectivity index (χ3n) is 5.06. The van der Waals surface area contributed by atoms with E-state index in [4.69, 9.17) is 10.2 Å². The molecule has 2 aromatic heterocycles. The molecule has 0 spiro atoms.